The summed E-state index contributed by atoms with van der Waals surface area (Å²) in [6, 6.07) is 5.72. The highest BCUT2D eigenvalue weighted by Crippen LogP contribution is 2.39. The number of imide groups is 1. The van der Waals surface area contributed by atoms with E-state index in [9.17, 15) is 14.4 Å². The molecule has 7 heteroatoms. The Balaban J connectivity index is 1.28. The molecule has 5 rings (SSSR count). The number of rotatable bonds is 4. The van der Waals surface area contributed by atoms with E-state index in [-0.39, 0.29) is 24.1 Å². The van der Waals surface area contributed by atoms with Crippen LogP contribution in [0.15, 0.2) is 18.2 Å². The average Bonchev–Trinajstić information content (AvgIpc) is 3.23. The third kappa shape index (κ3) is 2.93. The van der Waals surface area contributed by atoms with E-state index in [2.05, 4.69) is 22.0 Å². The van der Waals surface area contributed by atoms with Crippen LogP contribution in [0.5, 0.6) is 0 Å². The number of fused-ring (bicyclic) bond motifs is 1. The predicted octanol–water partition coefficient (Wildman–Crippen LogP) is 0.822. The Labute approximate surface area is 164 Å². The molecule has 0 aromatic heterocycles. The zero-order chi connectivity index (χ0) is 19.3. The van der Waals surface area contributed by atoms with E-state index in [1.165, 1.54) is 25.7 Å². The monoisotopic (exact) mass is 382 g/mol. The Morgan fingerprint density at radius 1 is 1.21 bits per heavy atom. The summed E-state index contributed by atoms with van der Waals surface area (Å²) in [5.74, 6) is -0.730. The molecule has 3 amide bonds. The molecule has 4 aliphatic rings. The van der Waals surface area contributed by atoms with Gasteiger partial charge in [-0.1, -0.05) is 12.1 Å². The van der Waals surface area contributed by atoms with Crippen molar-refractivity contribution in [2.75, 3.05) is 6.54 Å². The van der Waals surface area contributed by atoms with Crippen LogP contribution < -0.4 is 16.0 Å². The maximum atomic E-state index is 12.9. The Kier molecular flexibility index (Phi) is 4.25. The summed E-state index contributed by atoms with van der Waals surface area (Å²) >= 11 is 0. The maximum absolute atomic E-state index is 12.9. The van der Waals surface area contributed by atoms with Crippen molar-refractivity contribution in [3.05, 3.63) is 34.9 Å². The zero-order valence-electron chi connectivity index (χ0n) is 15.9. The minimum absolute atomic E-state index is 0.109. The molecule has 1 saturated carbocycles. The molecule has 0 radical (unpaired) electrons. The van der Waals surface area contributed by atoms with Crippen LogP contribution in [0.25, 0.3) is 0 Å². The van der Waals surface area contributed by atoms with Crippen LogP contribution in [-0.2, 0) is 22.7 Å². The molecule has 2 unspecified atom stereocenters. The second kappa shape index (κ2) is 6.67. The fourth-order valence-corrected chi connectivity index (χ4v) is 5.15. The van der Waals surface area contributed by atoms with E-state index < -0.39 is 6.04 Å². The van der Waals surface area contributed by atoms with Crippen LogP contribution >= 0.6 is 0 Å². The van der Waals surface area contributed by atoms with E-state index >= 15 is 0 Å². The van der Waals surface area contributed by atoms with Gasteiger partial charge in [0, 0.05) is 43.2 Å². The van der Waals surface area contributed by atoms with Crippen LogP contribution in [-0.4, -0.2) is 46.8 Å². The van der Waals surface area contributed by atoms with E-state index in [1.54, 1.807) is 4.90 Å². The summed E-state index contributed by atoms with van der Waals surface area (Å²) in [6.45, 7) is 2.16. The molecule has 1 spiro atoms. The molecule has 2 atom stereocenters. The molecule has 3 heterocycles. The summed E-state index contributed by atoms with van der Waals surface area (Å²) < 4.78 is 0. The highest BCUT2D eigenvalue weighted by molar-refractivity contribution is 6.05. The number of amides is 3. The molecule has 0 bridgehead atoms. The van der Waals surface area contributed by atoms with Crippen molar-refractivity contribution < 1.29 is 14.4 Å². The second-order valence-electron chi connectivity index (χ2n) is 8.64. The van der Waals surface area contributed by atoms with E-state index in [4.69, 9.17) is 0 Å². The number of nitrogens with zero attached hydrogens (tertiary/aromatic N) is 1. The third-order valence-corrected chi connectivity index (χ3v) is 6.93. The van der Waals surface area contributed by atoms with Gasteiger partial charge in [0.05, 0.1) is 0 Å². The number of hydrogen-bond donors (Lipinski definition) is 3. The van der Waals surface area contributed by atoms with Crippen molar-refractivity contribution in [1.82, 2.24) is 20.9 Å². The summed E-state index contributed by atoms with van der Waals surface area (Å²) in [5.41, 5.74) is 3.18. The van der Waals surface area contributed by atoms with Crippen molar-refractivity contribution in [2.24, 2.45) is 0 Å². The third-order valence-electron chi connectivity index (χ3n) is 6.93. The molecule has 3 fully saturated rings. The molecular weight excluding hydrogens is 356 g/mol. The summed E-state index contributed by atoms with van der Waals surface area (Å²) in [5, 5.41) is 9.69. The fourth-order valence-electron chi connectivity index (χ4n) is 5.15. The molecule has 2 saturated heterocycles. The maximum Gasteiger partial charge on any atom is 0.255 e. The molecule has 1 aromatic rings. The molecule has 3 aliphatic heterocycles. The van der Waals surface area contributed by atoms with Gasteiger partial charge < -0.3 is 15.5 Å². The molecule has 1 aromatic carbocycles. The van der Waals surface area contributed by atoms with Gasteiger partial charge in [-0.05, 0) is 49.3 Å². The average molecular weight is 382 g/mol. The van der Waals surface area contributed by atoms with Gasteiger partial charge in [0.2, 0.25) is 11.8 Å². The van der Waals surface area contributed by atoms with Crippen LogP contribution in [0.2, 0.25) is 0 Å². The summed E-state index contributed by atoms with van der Waals surface area (Å²) in [6.07, 6.45) is 5.73. The van der Waals surface area contributed by atoms with E-state index in [1.807, 2.05) is 12.1 Å². The zero-order valence-corrected chi connectivity index (χ0v) is 15.9. The van der Waals surface area contributed by atoms with Gasteiger partial charge in [0.15, 0.2) is 0 Å². The van der Waals surface area contributed by atoms with Crippen molar-refractivity contribution in [1.29, 1.82) is 0 Å². The Morgan fingerprint density at radius 2 is 2.07 bits per heavy atom. The van der Waals surface area contributed by atoms with Gasteiger partial charge in [-0.25, -0.2) is 0 Å². The highest BCUT2D eigenvalue weighted by atomic mass is 16.2. The van der Waals surface area contributed by atoms with Crippen LogP contribution in [0.1, 0.15) is 60.0 Å². The highest BCUT2D eigenvalue weighted by Gasteiger charge is 2.43. The molecular formula is C21H26N4O3. The minimum Gasteiger partial charge on any atom is -0.322 e. The largest absolute Gasteiger partial charge is 0.322 e. The molecule has 1 aliphatic carbocycles. The normalized spacial score (nSPS) is 28.4. The lowest BCUT2D eigenvalue weighted by Gasteiger charge is -2.38. The Hall–Kier alpha value is -2.25. The lowest BCUT2D eigenvalue weighted by molar-refractivity contribution is -0.136. The van der Waals surface area contributed by atoms with Gasteiger partial charge in [0.25, 0.3) is 5.91 Å². The van der Waals surface area contributed by atoms with Gasteiger partial charge in [-0.15, -0.1) is 0 Å². The first-order valence-corrected chi connectivity index (χ1v) is 10.3. The van der Waals surface area contributed by atoms with Crippen LogP contribution in [0, 0.1) is 0 Å². The number of carbonyl (C=O) groups is 3. The lowest BCUT2D eigenvalue weighted by Crippen LogP contribution is -2.52. The first kappa shape index (κ1) is 17.8. The standard InChI is InChI=1S/C21H26N4O3/c26-18-6-5-17(19(27)24-18)25-12-16-13(3-1-4-15(16)20(25)28)10-22-14-9-21(23-11-14)7-2-8-21/h1,3-4,14,17,22-23H,2,5-12H2,(H,24,26,27). The first-order valence-electron chi connectivity index (χ1n) is 10.3. The van der Waals surface area contributed by atoms with Gasteiger partial charge in [-0.3, -0.25) is 19.7 Å². The molecule has 28 heavy (non-hydrogen) atoms. The molecule has 7 nitrogen and oxygen atoms in total. The van der Waals surface area contributed by atoms with Gasteiger partial charge >= 0.3 is 0 Å². The lowest BCUT2D eigenvalue weighted by atomic mass is 9.75. The molecule has 148 valence electrons. The van der Waals surface area contributed by atoms with Crippen molar-refractivity contribution in [2.45, 2.75) is 69.2 Å². The Bertz CT molecular complexity index is 848. The van der Waals surface area contributed by atoms with E-state index in [0.717, 1.165) is 24.2 Å². The SMILES string of the molecule is O=C1CCC(N2Cc3c(CNC4CNC5(CCC5)C4)cccc3C2=O)C(=O)N1. The summed E-state index contributed by atoms with van der Waals surface area (Å²) in [4.78, 5) is 38.2. The predicted molar refractivity (Wildman–Crippen MR) is 102 cm³/mol. The van der Waals surface area contributed by atoms with Gasteiger partial charge in [0.1, 0.15) is 6.04 Å². The number of carbonyl (C=O) groups excluding carboxylic acids is 3. The van der Waals surface area contributed by atoms with Crippen LogP contribution in [0.3, 0.4) is 0 Å². The Morgan fingerprint density at radius 3 is 2.79 bits per heavy atom. The van der Waals surface area contributed by atoms with Crippen molar-refractivity contribution in [3.63, 3.8) is 0 Å². The number of piperidine rings is 1. The second-order valence-corrected chi connectivity index (χ2v) is 8.64. The number of hydrogen-bond acceptors (Lipinski definition) is 5. The fraction of sp³-hybridized carbons (Fsp3) is 0.571. The number of benzene rings is 1. The van der Waals surface area contributed by atoms with Crippen molar-refractivity contribution in [3.8, 4) is 0 Å². The van der Waals surface area contributed by atoms with Crippen molar-refractivity contribution >= 4 is 17.7 Å². The number of nitrogens with one attached hydrogen (secondary N) is 3. The quantitative estimate of drug-likeness (QED) is 0.671. The smallest absolute Gasteiger partial charge is 0.255 e. The van der Waals surface area contributed by atoms with E-state index in [0.29, 0.717) is 30.1 Å². The molecule has 3 N–H and O–H groups in total. The minimum atomic E-state index is -0.559. The van der Waals surface area contributed by atoms with Gasteiger partial charge in [-0.2, -0.15) is 0 Å². The topological polar surface area (TPSA) is 90.5 Å². The summed E-state index contributed by atoms with van der Waals surface area (Å²) in [7, 11) is 0. The van der Waals surface area contributed by atoms with Crippen LogP contribution in [0.4, 0.5) is 0 Å². The first-order chi connectivity index (χ1) is 13.5.